The van der Waals surface area contributed by atoms with Gasteiger partial charge in [-0.3, -0.25) is 0 Å². The molecule has 0 amide bonds. The Morgan fingerprint density at radius 1 is 0.533 bits per heavy atom. The predicted octanol–water partition coefficient (Wildman–Crippen LogP) is 6.42. The Morgan fingerprint density at radius 3 is 1.17 bits per heavy atom. The van der Waals surface area contributed by atoms with Gasteiger partial charge < -0.3 is 15.3 Å². The molecule has 0 atom stereocenters. The number of rotatable bonds is 5. The first-order valence-corrected chi connectivity index (χ1v) is 10.5. The highest BCUT2D eigenvalue weighted by atomic mass is 16.3. The number of benzene rings is 3. The molecule has 0 saturated carbocycles. The Hall–Kier alpha value is -2.94. The Kier molecular flexibility index (Phi) is 6.12. The fraction of sp³-hybridized carbons (Fsp3) is 0.333. The summed E-state index contributed by atoms with van der Waals surface area (Å²) in [4.78, 5) is 0. The third-order valence-electron chi connectivity index (χ3n) is 6.22. The first kappa shape index (κ1) is 21.8. The Bertz CT molecular complexity index is 969. The minimum atomic E-state index is 0.138. The molecule has 30 heavy (non-hydrogen) atoms. The zero-order chi connectivity index (χ0) is 22.2. The normalized spacial score (nSPS) is 11.3. The summed E-state index contributed by atoms with van der Waals surface area (Å²) in [5, 5.41) is 30.0. The summed E-state index contributed by atoms with van der Waals surface area (Å²) in [6.45, 7) is 12.3. The highest BCUT2D eigenvalue weighted by Crippen LogP contribution is 2.40. The van der Waals surface area contributed by atoms with Crippen molar-refractivity contribution in [3.05, 3.63) is 86.5 Å². The molecular formula is C27H32O3. The van der Waals surface area contributed by atoms with Crippen molar-refractivity contribution in [3.63, 3.8) is 0 Å². The van der Waals surface area contributed by atoms with Crippen LogP contribution in [-0.2, 0) is 6.42 Å². The first-order chi connectivity index (χ1) is 14.1. The van der Waals surface area contributed by atoms with Gasteiger partial charge in [0.1, 0.15) is 17.2 Å². The van der Waals surface area contributed by atoms with Crippen molar-refractivity contribution in [1.82, 2.24) is 0 Å². The van der Waals surface area contributed by atoms with Crippen molar-refractivity contribution in [3.8, 4) is 17.2 Å². The zero-order valence-corrected chi connectivity index (χ0v) is 18.8. The van der Waals surface area contributed by atoms with Gasteiger partial charge in [0.15, 0.2) is 0 Å². The molecule has 3 rings (SSSR count). The molecule has 0 fully saturated rings. The number of hydrogen-bond acceptors (Lipinski definition) is 3. The quantitative estimate of drug-likeness (QED) is 0.460. The lowest BCUT2D eigenvalue weighted by atomic mass is 9.78. The minimum Gasteiger partial charge on any atom is -0.508 e. The van der Waals surface area contributed by atoms with Crippen LogP contribution in [0.15, 0.2) is 36.4 Å². The molecule has 0 aliphatic carbocycles. The smallest absolute Gasteiger partial charge is 0.116 e. The van der Waals surface area contributed by atoms with Gasteiger partial charge in [-0.15, -0.1) is 0 Å². The minimum absolute atomic E-state index is 0.138. The maximum Gasteiger partial charge on any atom is 0.116 e. The summed E-state index contributed by atoms with van der Waals surface area (Å²) in [5.74, 6) is 1.02. The van der Waals surface area contributed by atoms with Crippen molar-refractivity contribution >= 4 is 0 Å². The van der Waals surface area contributed by atoms with Crippen LogP contribution >= 0.6 is 0 Å². The van der Waals surface area contributed by atoms with Crippen LogP contribution in [0.5, 0.6) is 17.2 Å². The second-order valence-corrected chi connectivity index (χ2v) is 8.64. The molecular weight excluding hydrogens is 372 g/mol. The molecule has 0 heterocycles. The fourth-order valence-corrected chi connectivity index (χ4v) is 5.09. The van der Waals surface area contributed by atoms with E-state index in [4.69, 9.17) is 0 Å². The van der Waals surface area contributed by atoms with E-state index in [2.05, 4.69) is 27.7 Å². The van der Waals surface area contributed by atoms with E-state index in [0.29, 0.717) is 5.75 Å². The summed E-state index contributed by atoms with van der Waals surface area (Å²) >= 11 is 0. The lowest BCUT2D eigenvalue weighted by Crippen LogP contribution is -2.11. The number of aryl methyl sites for hydroxylation is 6. The van der Waals surface area contributed by atoms with Crippen molar-refractivity contribution in [2.24, 2.45) is 0 Å². The topological polar surface area (TPSA) is 60.7 Å². The van der Waals surface area contributed by atoms with Gasteiger partial charge in [-0.05, 0) is 141 Å². The van der Waals surface area contributed by atoms with Crippen LogP contribution in [-0.4, -0.2) is 15.3 Å². The molecule has 3 heteroatoms. The molecule has 0 aromatic heterocycles. The standard InChI is InChI=1S/C27H32O3/c1-15-9-21(28)10-16(2)24(15)7-8-25(26-17(3)11-22(29)12-18(26)4)27-19(5)13-23(30)14-20(27)6/h9-14,25,28-30H,7-8H2,1-6H3. The molecule has 3 aromatic rings. The van der Waals surface area contributed by atoms with E-state index in [1.54, 1.807) is 0 Å². The molecule has 3 N–H and O–H groups in total. The van der Waals surface area contributed by atoms with E-state index in [1.165, 1.54) is 16.7 Å². The van der Waals surface area contributed by atoms with Crippen LogP contribution in [0.4, 0.5) is 0 Å². The van der Waals surface area contributed by atoms with Crippen molar-refractivity contribution in [2.45, 2.75) is 60.3 Å². The SMILES string of the molecule is Cc1cc(O)cc(C)c1CCC(c1c(C)cc(O)cc1C)c1c(C)cc(O)cc1C. The van der Waals surface area contributed by atoms with Crippen LogP contribution in [0.1, 0.15) is 62.4 Å². The first-order valence-electron chi connectivity index (χ1n) is 10.5. The van der Waals surface area contributed by atoms with Crippen molar-refractivity contribution in [1.29, 1.82) is 0 Å². The number of aromatic hydroxyl groups is 3. The Labute approximate surface area is 179 Å². The highest BCUT2D eigenvalue weighted by Gasteiger charge is 2.23. The fourth-order valence-electron chi connectivity index (χ4n) is 5.09. The van der Waals surface area contributed by atoms with Gasteiger partial charge in [0.2, 0.25) is 0 Å². The maximum absolute atomic E-state index is 10.1. The average molecular weight is 405 g/mol. The molecule has 0 aliphatic heterocycles. The van der Waals surface area contributed by atoms with Crippen LogP contribution in [0, 0.1) is 41.5 Å². The summed E-state index contributed by atoms with van der Waals surface area (Å²) in [7, 11) is 0. The zero-order valence-electron chi connectivity index (χ0n) is 18.8. The molecule has 0 bridgehead atoms. The highest BCUT2D eigenvalue weighted by molar-refractivity contribution is 5.52. The monoisotopic (exact) mass is 404 g/mol. The lowest BCUT2D eigenvalue weighted by molar-refractivity contribution is 0.473. The second kappa shape index (κ2) is 8.43. The summed E-state index contributed by atoms with van der Waals surface area (Å²) in [5.41, 5.74) is 10.2. The lowest BCUT2D eigenvalue weighted by Gasteiger charge is -2.27. The third kappa shape index (κ3) is 4.30. The number of phenols is 3. The second-order valence-electron chi connectivity index (χ2n) is 8.64. The van der Waals surface area contributed by atoms with E-state index in [1.807, 2.05) is 50.2 Å². The van der Waals surface area contributed by atoms with Gasteiger partial charge in [0, 0.05) is 5.92 Å². The van der Waals surface area contributed by atoms with Crippen LogP contribution in [0.3, 0.4) is 0 Å². The largest absolute Gasteiger partial charge is 0.508 e. The van der Waals surface area contributed by atoms with E-state index in [0.717, 1.165) is 46.2 Å². The van der Waals surface area contributed by atoms with Gasteiger partial charge >= 0.3 is 0 Å². The summed E-state index contributed by atoms with van der Waals surface area (Å²) in [6.07, 6.45) is 1.77. The van der Waals surface area contributed by atoms with E-state index in [9.17, 15) is 15.3 Å². The average Bonchev–Trinajstić information content (AvgIpc) is 2.58. The third-order valence-corrected chi connectivity index (χ3v) is 6.22. The van der Waals surface area contributed by atoms with E-state index < -0.39 is 0 Å². The van der Waals surface area contributed by atoms with Gasteiger partial charge in [-0.2, -0.15) is 0 Å². The molecule has 0 unspecified atom stereocenters. The Balaban J connectivity index is 2.13. The van der Waals surface area contributed by atoms with Gasteiger partial charge in [-0.1, -0.05) is 0 Å². The number of hydrogen-bond donors (Lipinski definition) is 3. The molecule has 0 saturated heterocycles. The number of phenolic OH excluding ortho intramolecular Hbond substituents is 3. The van der Waals surface area contributed by atoms with Crippen molar-refractivity contribution in [2.75, 3.05) is 0 Å². The molecule has 158 valence electrons. The van der Waals surface area contributed by atoms with Crippen LogP contribution < -0.4 is 0 Å². The van der Waals surface area contributed by atoms with E-state index in [-0.39, 0.29) is 17.4 Å². The summed E-state index contributed by atoms with van der Waals surface area (Å²) < 4.78 is 0. The van der Waals surface area contributed by atoms with Crippen molar-refractivity contribution < 1.29 is 15.3 Å². The van der Waals surface area contributed by atoms with Crippen LogP contribution in [0.25, 0.3) is 0 Å². The van der Waals surface area contributed by atoms with Gasteiger partial charge in [0.05, 0.1) is 0 Å². The molecule has 0 aliphatic rings. The maximum atomic E-state index is 10.1. The Morgan fingerprint density at radius 2 is 0.833 bits per heavy atom. The molecule has 3 aromatic carbocycles. The molecule has 0 radical (unpaired) electrons. The molecule has 0 spiro atoms. The summed E-state index contributed by atoms with van der Waals surface area (Å²) in [6, 6.07) is 11.0. The van der Waals surface area contributed by atoms with E-state index >= 15 is 0 Å². The van der Waals surface area contributed by atoms with Crippen LogP contribution in [0.2, 0.25) is 0 Å². The molecule has 3 nitrogen and oxygen atoms in total. The van der Waals surface area contributed by atoms with Gasteiger partial charge in [0.25, 0.3) is 0 Å². The predicted molar refractivity (Wildman–Crippen MR) is 123 cm³/mol. The van der Waals surface area contributed by atoms with Gasteiger partial charge in [-0.25, -0.2) is 0 Å².